The number of hydrogen-bond acceptors (Lipinski definition) is 4. The smallest absolute Gasteiger partial charge is 0.267 e. The van der Waals surface area contributed by atoms with Gasteiger partial charge in [-0.1, -0.05) is 6.07 Å². The van der Waals surface area contributed by atoms with E-state index in [2.05, 4.69) is 5.32 Å². The van der Waals surface area contributed by atoms with Crippen LogP contribution in [0.3, 0.4) is 0 Å². The molecule has 0 bridgehead atoms. The fourth-order valence-electron chi connectivity index (χ4n) is 3.19. The summed E-state index contributed by atoms with van der Waals surface area (Å²) in [4.78, 5) is 24.7. The number of halogens is 1. The summed E-state index contributed by atoms with van der Waals surface area (Å²) in [7, 11) is -4.25. The molecule has 0 aliphatic carbocycles. The number of anilines is 1. The first-order chi connectivity index (χ1) is 12.7. The molecule has 2 aromatic carbocycles. The second kappa shape index (κ2) is 7.11. The first-order valence-electron chi connectivity index (χ1n) is 8.40. The molecule has 1 N–H and O–H groups in total. The Morgan fingerprint density at radius 2 is 1.70 bits per heavy atom. The number of amides is 2. The molecule has 142 valence electrons. The number of carbonyl (C=O) groups is 2. The van der Waals surface area contributed by atoms with Crippen molar-refractivity contribution in [3.8, 4) is 0 Å². The van der Waals surface area contributed by atoms with Gasteiger partial charge in [0.1, 0.15) is 11.9 Å². The van der Waals surface area contributed by atoms with E-state index in [-0.39, 0.29) is 17.7 Å². The molecular formula is C19H19FN2O4S. The van der Waals surface area contributed by atoms with Crippen LogP contribution in [0, 0.1) is 19.7 Å². The van der Waals surface area contributed by atoms with Gasteiger partial charge in [-0.05, 0) is 67.8 Å². The van der Waals surface area contributed by atoms with Crippen LogP contribution >= 0.6 is 0 Å². The van der Waals surface area contributed by atoms with Crippen LogP contribution in [0.2, 0.25) is 0 Å². The number of carbonyl (C=O) groups excluding carboxylic acids is 2. The van der Waals surface area contributed by atoms with Gasteiger partial charge in [-0.3, -0.25) is 9.59 Å². The molecule has 1 heterocycles. The zero-order valence-corrected chi connectivity index (χ0v) is 15.7. The molecule has 1 atom stereocenters. The molecular weight excluding hydrogens is 371 g/mol. The quantitative estimate of drug-likeness (QED) is 0.870. The summed E-state index contributed by atoms with van der Waals surface area (Å²) < 4.78 is 39.4. The number of hydrogen-bond donors (Lipinski definition) is 1. The lowest BCUT2D eigenvalue weighted by Crippen LogP contribution is -2.45. The largest absolute Gasteiger partial charge is 0.324 e. The highest BCUT2D eigenvalue weighted by Gasteiger charge is 2.44. The summed E-state index contributed by atoms with van der Waals surface area (Å²) in [6, 6.07) is 8.48. The second-order valence-electron chi connectivity index (χ2n) is 6.57. The Kier molecular flexibility index (Phi) is 5.01. The van der Waals surface area contributed by atoms with Crippen molar-refractivity contribution >= 4 is 27.5 Å². The molecule has 27 heavy (non-hydrogen) atoms. The average Bonchev–Trinajstić information content (AvgIpc) is 2.97. The van der Waals surface area contributed by atoms with E-state index >= 15 is 0 Å². The van der Waals surface area contributed by atoms with Crippen molar-refractivity contribution in [1.29, 1.82) is 0 Å². The number of nitrogens with zero attached hydrogens (tertiary/aromatic N) is 1. The van der Waals surface area contributed by atoms with E-state index < -0.39 is 33.7 Å². The molecule has 0 unspecified atom stereocenters. The van der Waals surface area contributed by atoms with Crippen molar-refractivity contribution in [3.05, 3.63) is 59.4 Å². The van der Waals surface area contributed by atoms with E-state index in [0.717, 1.165) is 35.4 Å². The van der Waals surface area contributed by atoms with Gasteiger partial charge in [0.15, 0.2) is 0 Å². The SMILES string of the molecule is Cc1cc(C)cc(NC(=O)[C@@H]2CCC(=O)N2S(=O)(=O)c2ccc(F)cc2)c1. The van der Waals surface area contributed by atoms with Crippen LogP contribution in [0.1, 0.15) is 24.0 Å². The summed E-state index contributed by atoms with van der Waals surface area (Å²) in [6.45, 7) is 3.76. The first-order valence-corrected chi connectivity index (χ1v) is 9.84. The third-order valence-electron chi connectivity index (χ3n) is 4.32. The molecule has 1 aliphatic rings. The Hall–Kier alpha value is -2.74. The maximum absolute atomic E-state index is 13.1. The third-order valence-corrected chi connectivity index (χ3v) is 6.17. The van der Waals surface area contributed by atoms with Crippen LogP contribution in [0.5, 0.6) is 0 Å². The van der Waals surface area contributed by atoms with E-state index in [4.69, 9.17) is 0 Å². The Labute approximate surface area is 157 Å². The van der Waals surface area contributed by atoms with Crippen molar-refractivity contribution in [3.63, 3.8) is 0 Å². The minimum Gasteiger partial charge on any atom is -0.324 e. The Morgan fingerprint density at radius 3 is 2.30 bits per heavy atom. The van der Waals surface area contributed by atoms with Gasteiger partial charge in [0.25, 0.3) is 10.0 Å². The molecule has 2 aromatic rings. The van der Waals surface area contributed by atoms with Gasteiger partial charge in [-0.25, -0.2) is 17.1 Å². The monoisotopic (exact) mass is 390 g/mol. The molecule has 1 fully saturated rings. The highest BCUT2D eigenvalue weighted by molar-refractivity contribution is 7.89. The van der Waals surface area contributed by atoms with Crippen LogP contribution in [-0.4, -0.2) is 30.6 Å². The number of aryl methyl sites for hydroxylation is 2. The molecule has 0 radical (unpaired) electrons. The van der Waals surface area contributed by atoms with Gasteiger partial charge < -0.3 is 5.32 Å². The summed E-state index contributed by atoms with van der Waals surface area (Å²) in [6.07, 6.45) is 0.0429. The van der Waals surface area contributed by atoms with Crippen molar-refractivity contribution in [2.24, 2.45) is 0 Å². The van der Waals surface area contributed by atoms with E-state index in [0.29, 0.717) is 9.99 Å². The number of benzene rings is 2. The first kappa shape index (κ1) is 19.0. The summed E-state index contributed by atoms with van der Waals surface area (Å²) >= 11 is 0. The van der Waals surface area contributed by atoms with Gasteiger partial charge in [-0.15, -0.1) is 0 Å². The van der Waals surface area contributed by atoms with Crippen LogP contribution in [-0.2, 0) is 19.6 Å². The number of nitrogens with one attached hydrogen (secondary N) is 1. The predicted molar refractivity (Wildman–Crippen MR) is 98.0 cm³/mol. The topological polar surface area (TPSA) is 83.6 Å². The summed E-state index contributed by atoms with van der Waals surface area (Å²) in [5, 5.41) is 2.69. The Bertz CT molecular complexity index is 983. The summed E-state index contributed by atoms with van der Waals surface area (Å²) in [5.41, 5.74) is 2.43. The van der Waals surface area contributed by atoms with Crippen molar-refractivity contribution in [2.45, 2.75) is 37.6 Å². The van der Waals surface area contributed by atoms with Crippen LogP contribution < -0.4 is 5.32 Å². The molecule has 0 spiro atoms. The van der Waals surface area contributed by atoms with Crippen molar-refractivity contribution in [1.82, 2.24) is 4.31 Å². The van der Waals surface area contributed by atoms with Gasteiger partial charge >= 0.3 is 0 Å². The minimum absolute atomic E-state index is 0.0502. The van der Waals surface area contributed by atoms with Crippen molar-refractivity contribution < 1.29 is 22.4 Å². The molecule has 6 nitrogen and oxygen atoms in total. The molecule has 0 aromatic heterocycles. The maximum atomic E-state index is 13.1. The standard InChI is InChI=1S/C19H19FN2O4S/c1-12-9-13(2)11-15(10-12)21-19(24)17-7-8-18(23)22(17)27(25,26)16-5-3-14(20)4-6-16/h3-6,9-11,17H,7-8H2,1-2H3,(H,21,24)/t17-/m0/s1. The zero-order valence-electron chi connectivity index (χ0n) is 14.9. The lowest BCUT2D eigenvalue weighted by atomic mass is 10.1. The molecule has 0 saturated carbocycles. The highest BCUT2D eigenvalue weighted by Crippen LogP contribution is 2.28. The lowest BCUT2D eigenvalue weighted by Gasteiger charge is -2.24. The lowest BCUT2D eigenvalue weighted by molar-refractivity contribution is -0.128. The van der Waals surface area contributed by atoms with E-state index in [1.807, 2.05) is 19.9 Å². The number of sulfonamides is 1. The van der Waals surface area contributed by atoms with Crippen LogP contribution in [0.15, 0.2) is 47.4 Å². The van der Waals surface area contributed by atoms with Crippen LogP contribution in [0.25, 0.3) is 0 Å². The normalized spacial score (nSPS) is 17.2. The fourth-order valence-corrected chi connectivity index (χ4v) is 4.80. The maximum Gasteiger partial charge on any atom is 0.267 e. The van der Waals surface area contributed by atoms with Crippen LogP contribution in [0.4, 0.5) is 10.1 Å². The number of rotatable bonds is 4. The predicted octanol–water partition coefficient (Wildman–Crippen LogP) is 2.76. The Morgan fingerprint density at radius 1 is 1.11 bits per heavy atom. The molecule has 2 amide bonds. The van der Waals surface area contributed by atoms with Gasteiger partial charge in [0.05, 0.1) is 4.90 Å². The van der Waals surface area contributed by atoms with E-state index in [1.54, 1.807) is 12.1 Å². The fraction of sp³-hybridized carbons (Fsp3) is 0.263. The summed E-state index contributed by atoms with van der Waals surface area (Å²) in [5.74, 6) is -1.82. The second-order valence-corrected chi connectivity index (χ2v) is 8.38. The van der Waals surface area contributed by atoms with Crippen molar-refractivity contribution in [2.75, 3.05) is 5.32 Å². The van der Waals surface area contributed by atoms with Gasteiger partial charge in [-0.2, -0.15) is 0 Å². The zero-order chi connectivity index (χ0) is 19.8. The molecule has 3 rings (SSSR count). The van der Waals surface area contributed by atoms with E-state index in [1.165, 1.54) is 0 Å². The van der Waals surface area contributed by atoms with Gasteiger partial charge in [0.2, 0.25) is 11.8 Å². The molecule has 1 saturated heterocycles. The van der Waals surface area contributed by atoms with E-state index in [9.17, 15) is 22.4 Å². The average molecular weight is 390 g/mol. The molecule has 8 heteroatoms. The Balaban J connectivity index is 1.89. The van der Waals surface area contributed by atoms with Gasteiger partial charge in [0, 0.05) is 12.1 Å². The third kappa shape index (κ3) is 3.85. The minimum atomic E-state index is -4.25. The molecule has 1 aliphatic heterocycles. The highest BCUT2D eigenvalue weighted by atomic mass is 32.2.